The molecule has 3 heteroatoms. The van der Waals surface area contributed by atoms with Crippen LogP contribution in [0.3, 0.4) is 0 Å². The van der Waals surface area contributed by atoms with Gasteiger partial charge in [-0.05, 0) is 37.0 Å². The number of ether oxygens (including phenoxy) is 1. The Bertz CT molecular complexity index is 333. The van der Waals surface area contributed by atoms with Gasteiger partial charge in [0.25, 0.3) is 0 Å². The number of aliphatic hydroxyl groups is 1. The van der Waals surface area contributed by atoms with E-state index in [1.807, 2.05) is 12.1 Å². The molecule has 0 bridgehead atoms. The van der Waals surface area contributed by atoms with E-state index in [-0.39, 0.29) is 0 Å². The summed E-state index contributed by atoms with van der Waals surface area (Å²) in [6.07, 6.45) is 2.74. The predicted molar refractivity (Wildman–Crippen MR) is 79.7 cm³/mol. The van der Waals surface area contributed by atoms with Gasteiger partial charge in [-0.2, -0.15) is 0 Å². The molecule has 0 aliphatic carbocycles. The van der Waals surface area contributed by atoms with E-state index in [2.05, 4.69) is 38.2 Å². The molecule has 1 unspecified atom stereocenters. The molecule has 0 amide bonds. The monoisotopic (exact) mass is 265 g/mol. The molecular formula is C16H27NO2. The van der Waals surface area contributed by atoms with Gasteiger partial charge in [0.15, 0.2) is 0 Å². The Morgan fingerprint density at radius 3 is 2.26 bits per heavy atom. The zero-order valence-electron chi connectivity index (χ0n) is 12.4. The molecular weight excluding hydrogens is 238 g/mol. The van der Waals surface area contributed by atoms with E-state index in [9.17, 15) is 5.11 Å². The van der Waals surface area contributed by atoms with Crippen molar-refractivity contribution in [3.8, 4) is 5.75 Å². The predicted octanol–water partition coefficient (Wildman–Crippen LogP) is 2.77. The Morgan fingerprint density at radius 2 is 1.74 bits per heavy atom. The van der Waals surface area contributed by atoms with E-state index in [0.717, 1.165) is 25.0 Å². The Morgan fingerprint density at radius 1 is 1.11 bits per heavy atom. The van der Waals surface area contributed by atoms with Crippen molar-refractivity contribution in [3.63, 3.8) is 0 Å². The number of hydrogen-bond donors (Lipinski definition) is 2. The van der Waals surface area contributed by atoms with E-state index >= 15 is 0 Å². The first-order valence-corrected chi connectivity index (χ1v) is 7.32. The summed E-state index contributed by atoms with van der Waals surface area (Å²) in [4.78, 5) is 0. The Balaban J connectivity index is 2.27. The maximum atomic E-state index is 9.86. The topological polar surface area (TPSA) is 41.5 Å². The van der Waals surface area contributed by atoms with Crippen molar-refractivity contribution in [1.29, 1.82) is 0 Å². The lowest BCUT2D eigenvalue weighted by atomic mass is 10.1. The highest BCUT2D eigenvalue weighted by atomic mass is 16.5. The fourth-order valence-electron chi connectivity index (χ4n) is 1.95. The van der Waals surface area contributed by atoms with E-state index in [4.69, 9.17) is 4.74 Å². The Hall–Kier alpha value is -1.06. The molecule has 2 N–H and O–H groups in total. The number of aryl methyl sites for hydroxylation is 1. The fraction of sp³-hybridized carbons (Fsp3) is 0.625. The molecule has 3 nitrogen and oxygen atoms in total. The molecule has 0 radical (unpaired) electrons. The molecule has 0 spiro atoms. The van der Waals surface area contributed by atoms with Crippen LogP contribution in [0, 0.1) is 0 Å². The third-order valence-corrected chi connectivity index (χ3v) is 3.40. The minimum absolute atomic E-state index is 0.332. The number of rotatable bonds is 9. The zero-order valence-corrected chi connectivity index (χ0v) is 12.4. The van der Waals surface area contributed by atoms with Gasteiger partial charge in [0, 0.05) is 12.6 Å². The van der Waals surface area contributed by atoms with Crippen LogP contribution in [0.25, 0.3) is 0 Å². The molecule has 1 aromatic carbocycles. The van der Waals surface area contributed by atoms with Crippen molar-refractivity contribution in [2.75, 3.05) is 13.2 Å². The van der Waals surface area contributed by atoms with Gasteiger partial charge in [-0.15, -0.1) is 0 Å². The fourth-order valence-corrected chi connectivity index (χ4v) is 1.95. The van der Waals surface area contributed by atoms with Crippen LogP contribution in [0.2, 0.25) is 0 Å². The molecule has 1 rings (SSSR count). The lowest BCUT2D eigenvalue weighted by molar-refractivity contribution is 0.103. The van der Waals surface area contributed by atoms with Crippen LogP contribution in [0.4, 0.5) is 0 Å². The molecule has 1 atom stereocenters. The molecule has 1 aromatic rings. The Kier molecular flexibility index (Phi) is 7.53. The lowest BCUT2D eigenvalue weighted by Gasteiger charge is -2.18. The average Bonchev–Trinajstić information content (AvgIpc) is 2.46. The SMILES string of the molecule is CCc1ccc(OCC(O)CNC(CC)CC)cc1. The largest absolute Gasteiger partial charge is 0.491 e. The third kappa shape index (κ3) is 6.08. The van der Waals surface area contributed by atoms with Gasteiger partial charge in [0.1, 0.15) is 18.5 Å². The first kappa shape index (κ1) is 16.0. The van der Waals surface area contributed by atoms with Gasteiger partial charge < -0.3 is 15.2 Å². The van der Waals surface area contributed by atoms with Gasteiger partial charge in [0.05, 0.1) is 0 Å². The van der Waals surface area contributed by atoms with Crippen LogP contribution < -0.4 is 10.1 Å². The van der Waals surface area contributed by atoms with E-state index in [1.54, 1.807) is 0 Å². The summed E-state index contributed by atoms with van der Waals surface area (Å²) in [5.41, 5.74) is 1.29. The maximum absolute atomic E-state index is 9.86. The summed E-state index contributed by atoms with van der Waals surface area (Å²) >= 11 is 0. The van der Waals surface area contributed by atoms with Crippen LogP contribution in [0.1, 0.15) is 39.2 Å². The molecule has 0 fully saturated rings. The molecule has 0 saturated carbocycles. The standard InChI is InChI=1S/C16H27NO2/c1-4-13-7-9-16(10-8-13)19-12-15(18)11-17-14(5-2)6-3/h7-10,14-15,17-18H,4-6,11-12H2,1-3H3. The third-order valence-electron chi connectivity index (χ3n) is 3.40. The quantitative estimate of drug-likeness (QED) is 0.721. The van der Waals surface area contributed by atoms with Crippen LogP contribution in [-0.4, -0.2) is 30.4 Å². The molecule has 0 aliphatic rings. The van der Waals surface area contributed by atoms with Crippen LogP contribution >= 0.6 is 0 Å². The first-order chi connectivity index (χ1) is 9.19. The summed E-state index contributed by atoms with van der Waals surface area (Å²) in [6, 6.07) is 8.52. The summed E-state index contributed by atoms with van der Waals surface area (Å²) < 4.78 is 5.58. The van der Waals surface area contributed by atoms with Crippen molar-refractivity contribution in [1.82, 2.24) is 5.32 Å². The van der Waals surface area contributed by atoms with E-state index in [1.165, 1.54) is 5.56 Å². The lowest BCUT2D eigenvalue weighted by Crippen LogP contribution is -2.37. The second kappa shape index (κ2) is 8.94. The van der Waals surface area contributed by atoms with Crippen molar-refractivity contribution < 1.29 is 9.84 Å². The highest BCUT2D eigenvalue weighted by Crippen LogP contribution is 2.12. The van der Waals surface area contributed by atoms with Crippen molar-refractivity contribution >= 4 is 0 Å². The molecule has 0 aliphatic heterocycles. The highest BCUT2D eigenvalue weighted by Gasteiger charge is 2.08. The maximum Gasteiger partial charge on any atom is 0.119 e. The van der Waals surface area contributed by atoms with Gasteiger partial charge in [0.2, 0.25) is 0 Å². The minimum Gasteiger partial charge on any atom is -0.491 e. The van der Waals surface area contributed by atoms with Crippen LogP contribution in [0.5, 0.6) is 5.75 Å². The molecule has 0 saturated heterocycles. The first-order valence-electron chi connectivity index (χ1n) is 7.32. The number of nitrogens with one attached hydrogen (secondary N) is 1. The van der Waals surface area contributed by atoms with Gasteiger partial charge in [-0.1, -0.05) is 32.9 Å². The van der Waals surface area contributed by atoms with E-state index < -0.39 is 6.10 Å². The van der Waals surface area contributed by atoms with Crippen LogP contribution in [0.15, 0.2) is 24.3 Å². The summed E-state index contributed by atoms with van der Waals surface area (Å²) in [6.45, 7) is 7.35. The highest BCUT2D eigenvalue weighted by molar-refractivity contribution is 5.27. The summed E-state index contributed by atoms with van der Waals surface area (Å²) in [7, 11) is 0. The number of hydrogen-bond acceptors (Lipinski definition) is 3. The second-order valence-electron chi connectivity index (χ2n) is 4.88. The molecule has 0 heterocycles. The molecule has 0 aromatic heterocycles. The van der Waals surface area contributed by atoms with Gasteiger partial charge in [-0.3, -0.25) is 0 Å². The smallest absolute Gasteiger partial charge is 0.119 e. The molecule has 108 valence electrons. The van der Waals surface area contributed by atoms with Crippen molar-refractivity contribution in [3.05, 3.63) is 29.8 Å². The number of benzene rings is 1. The van der Waals surface area contributed by atoms with E-state index in [0.29, 0.717) is 19.2 Å². The average molecular weight is 265 g/mol. The second-order valence-corrected chi connectivity index (χ2v) is 4.88. The zero-order chi connectivity index (χ0) is 14.1. The number of aliphatic hydroxyl groups excluding tert-OH is 1. The molecule has 19 heavy (non-hydrogen) atoms. The van der Waals surface area contributed by atoms with Crippen molar-refractivity contribution in [2.45, 2.75) is 52.2 Å². The summed E-state index contributed by atoms with van der Waals surface area (Å²) in [5, 5.41) is 13.2. The summed E-state index contributed by atoms with van der Waals surface area (Å²) in [5.74, 6) is 0.818. The van der Waals surface area contributed by atoms with Crippen LogP contribution in [-0.2, 0) is 6.42 Å². The van der Waals surface area contributed by atoms with Gasteiger partial charge >= 0.3 is 0 Å². The normalized spacial score (nSPS) is 12.7. The Labute approximate surface area is 117 Å². The van der Waals surface area contributed by atoms with Crippen molar-refractivity contribution in [2.24, 2.45) is 0 Å². The van der Waals surface area contributed by atoms with Gasteiger partial charge in [-0.25, -0.2) is 0 Å². The minimum atomic E-state index is -0.466.